The molecule has 27 heavy (non-hydrogen) atoms. The molecule has 0 saturated carbocycles. The number of hydrogen-bond acceptors (Lipinski definition) is 7. The Balaban J connectivity index is 1.63. The molecule has 0 radical (unpaired) electrons. The number of aromatic nitrogens is 4. The van der Waals surface area contributed by atoms with Crippen LogP contribution >= 0.6 is 11.3 Å². The van der Waals surface area contributed by atoms with Crippen LogP contribution in [0, 0.1) is 17.0 Å². The van der Waals surface area contributed by atoms with E-state index in [0.717, 1.165) is 22.1 Å². The number of benzene rings is 2. The fourth-order valence-corrected chi connectivity index (χ4v) is 3.83. The van der Waals surface area contributed by atoms with Crippen LogP contribution in [0.4, 0.5) is 5.69 Å². The van der Waals surface area contributed by atoms with Crippen LogP contribution in [0.15, 0.2) is 52.9 Å². The van der Waals surface area contributed by atoms with Gasteiger partial charge in [0.2, 0.25) is 10.8 Å². The normalized spacial score (nSPS) is 11.4. The second-order valence-electron chi connectivity index (χ2n) is 5.98. The highest BCUT2D eigenvalue weighted by Crippen LogP contribution is 2.34. The van der Waals surface area contributed by atoms with Gasteiger partial charge in [-0.2, -0.15) is 9.61 Å². The largest absolute Gasteiger partial charge is 0.452 e. The molecule has 0 unspecified atom stereocenters. The predicted molar refractivity (Wildman–Crippen MR) is 101 cm³/mol. The highest BCUT2D eigenvalue weighted by atomic mass is 32.1. The molecule has 3 heterocycles. The number of nitro benzene ring substituents is 1. The number of para-hydroxylation sites is 1. The van der Waals surface area contributed by atoms with E-state index in [0.29, 0.717) is 21.6 Å². The quantitative estimate of drug-likeness (QED) is 0.339. The van der Waals surface area contributed by atoms with Crippen LogP contribution in [-0.2, 0) is 0 Å². The molecule has 0 bridgehead atoms. The first-order valence-corrected chi connectivity index (χ1v) is 8.89. The first-order chi connectivity index (χ1) is 13.1. The summed E-state index contributed by atoms with van der Waals surface area (Å²) in [5, 5.41) is 25.6. The zero-order valence-corrected chi connectivity index (χ0v) is 14.8. The van der Waals surface area contributed by atoms with Crippen LogP contribution < -0.4 is 0 Å². The van der Waals surface area contributed by atoms with Crippen molar-refractivity contribution in [2.75, 3.05) is 0 Å². The average Bonchev–Trinajstić information content (AvgIpc) is 3.35. The van der Waals surface area contributed by atoms with Crippen LogP contribution in [0.25, 0.3) is 38.1 Å². The molecule has 0 fully saturated rings. The summed E-state index contributed by atoms with van der Waals surface area (Å²) in [5.74, 6) is 1.16. The minimum atomic E-state index is -0.426. The Bertz CT molecular complexity index is 1320. The third-order valence-corrected chi connectivity index (χ3v) is 5.31. The van der Waals surface area contributed by atoms with Crippen LogP contribution in [0.3, 0.4) is 0 Å². The Hall–Kier alpha value is -3.59. The van der Waals surface area contributed by atoms with Gasteiger partial charge >= 0.3 is 0 Å². The van der Waals surface area contributed by atoms with Gasteiger partial charge in [0.15, 0.2) is 5.76 Å². The second kappa shape index (κ2) is 5.71. The third-order valence-electron chi connectivity index (χ3n) is 4.36. The highest BCUT2D eigenvalue weighted by Gasteiger charge is 2.20. The van der Waals surface area contributed by atoms with Gasteiger partial charge in [0.05, 0.1) is 4.92 Å². The zero-order chi connectivity index (χ0) is 18.5. The van der Waals surface area contributed by atoms with Gasteiger partial charge in [-0.25, -0.2) is 0 Å². The Morgan fingerprint density at radius 1 is 1.11 bits per heavy atom. The van der Waals surface area contributed by atoms with E-state index in [2.05, 4.69) is 15.3 Å². The Kier molecular flexibility index (Phi) is 3.31. The van der Waals surface area contributed by atoms with Gasteiger partial charge in [0, 0.05) is 28.6 Å². The standard InChI is InChI=1S/C18H11N5O3S/c1-10-13-4-2-3-5-14(13)26-15(10)16-19-20-18-22(16)21-17(27-18)11-6-8-12(9-7-11)23(24)25/h2-9H,1H3. The number of hydrogen-bond donors (Lipinski definition) is 0. The number of non-ortho nitro benzene ring substituents is 1. The van der Waals surface area contributed by atoms with Crippen LogP contribution in [-0.4, -0.2) is 24.7 Å². The SMILES string of the molecule is Cc1c(-c2nnc3sc(-c4ccc([N+](=O)[O-])cc4)nn23)oc2ccccc12. The lowest BCUT2D eigenvalue weighted by Gasteiger charge is -1.96. The molecule has 0 aliphatic rings. The lowest BCUT2D eigenvalue weighted by atomic mass is 10.1. The summed E-state index contributed by atoms with van der Waals surface area (Å²) in [4.78, 5) is 11.0. The first-order valence-electron chi connectivity index (χ1n) is 8.07. The van der Waals surface area contributed by atoms with Crippen molar-refractivity contribution in [2.24, 2.45) is 0 Å². The van der Waals surface area contributed by atoms with E-state index in [4.69, 9.17) is 4.42 Å². The molecule has 0 N–H and O–H groups in total. The molecule has 0 saturated heterocycles. The van der Waals surface area contributed by atoms with Crippen LogP contribution in [0.5, 0.6) is 0 Å². The van der Waals surface area contributed by atoms with Crippen molar-refractivity contribution in [3.63, 3.8) is 0 Å². The second-order valence-corrected chi connectivity index (χ2v) is 6.94. The van der Waals surface area contributed by atoms with Crippen molar-refractivity contribution in [1.82, 2.24) is 19.8 Å². The molecule has 132 valence electrons. The lowest BCUT2D eigenvalue weighted by molar-refractivity contribution is -0.384. The van der Waals surface area contributed by atoms with Crippen LogP contribution in [0.1, 0.15) is 5.56 Å². The molecule has 0 amide bonds. The summed E-state index contributed by atoms with van der Waals surface area (Å²) in [6.45, 7) is 1.98. The van der Waals surface area contributed by atoms with Gasteiger partial charge in [-0.1, -0.05) is 29.5 Å². The molecular formula is C18H11N5O3S. The van der Waals surface area contributed by atoms with Gasteiger partial charge in [0.1, 0.15) is 10.6 Å². The minimum absolute atomic E-state index is 0.0420. The van der Waals surface area contributed by atoms with E-state index in [1.165, 1.54) is 23.5 Å². The number of furan rings is 1. The monoisotopic (exact) mass is 377 g/mol. The zero-order valence-electron chi connectivity index (χ0n) is 14.0. The smallest absolute Gasteiger partial charge is 0.269 e. The summed E-state index contributed by atoms with van der Waals surface area (Å²) in [6, 6.07) is 14.1. The Morgan fingerprint density at radius 2 is 1.89 bits per heavy atom. The lowest BCUT2D eigenvalue weighted by Crippen LogP contribution is -1.91. The van der Waals surface area contributed by atoms with Gasteiger partial charge in [-0.15, -0.1) is 10.2 Å². The van der Waals surface area contributed by atoms with Gasteiger partial charge in [-0.3, -0.25) is 10.1 Å². The molecule has 0 aliphatic heterocycles. The molecule has 0 spiro atoms. The highest BCUT2D eigenvalue weighted by molar-refractivity contribution is 7.19. The first kappa shape index (κ1) is 15.6. The summed E-state index contributed by atoms with van der Waals surface area (Å²) < 4.78 is 7.62. The van der Waals surface area contributed by atoms with E-state index >= 15 is 0 Å². The van der Waals surface area contributed by atoms with Crippen molar-refractivity contribution >= 4 is 33.0 Å². The van der Waals surface area contributed by atoms with Crippen molar-refractivity contribution in [1.29, 1.82) is 0 Å². The molecule has 3 aromatic heterocycles. The molecule has 8 nitrogen and oxygen atoms in total. The van der Waals surface area contributed by atoms with Gasteiger partial charge < -0.3 is 4.42 Å². The van der Waals surface area contributed by atoms with Gasteiger partial charge in [-0.05, 0) is 25.1 Å². The average molecular weight is 377 g/mol. The van der Waals surface area contributed by atoms with E-state index in [1.54, 1.807) is 16.6 Å². The Morgan fingerprint density at radius 3 is 2.63 bits per heavy atom. The molecule has 2 aromatic carbocycles. The van der Waals surface area contributed by atoms with E-state index in [1.807, 2.05) is 31.2 Å². The van der Waals surface area contributed by atoms with Crippen molar-refractivity contribution in [2.45, 2.75) is 6.92 Å². The maximum atomic E-state index is 10.8. The maximum Gasteiger partial charge on any atom is 0.269 e. The topological polar surface area (TPSA) is 99.4 Å². The minimum Gasteiger partial charge on any atom is -0.452 e. The van der Waals surface area contributed by atoms with Crippen molar-refractivity contribution < 1.29 is 9.34 Å². The van der Waals surface area contributed by atoms with E-state index in [9.17, 15) is 10.1 Å². The number of fused-ring (bicyclic) bond motifs is 2. The van der Waals surface area contributed by atoms with E-state index in [-0.39, 0.29) is 5.69 Å². The van der Waals surface area contributed by atoms with Crippen molar-refractivity contribution in [3.05, 3.63) is 64.2 Å². The summed E-state index contributed by atoms with van der Waals surface area (Å²) >= 11 is 1.36. The number of nitrogens with zero attached hydrogens (tertiary/aromatic N) is 5. The third kappa shape index (κ3) is 2.40. The fourth-order valence-electron chi connectivity index (χ4n) is 2.99. The number of nitro groups is 1. The Labute approximate surface area is 155 Å². The van der Waals surface area contributed by atoms with Crippen LogP contribution in [0.2, 0.25) is 0 Å². The molecular weight excluding hydrogens is 366 g/mol. The molecule has 0 atom stereocenters. The summed E-state index contributed by atoms with van der Waals surface area (Å²) in [7, 11) is 0. The van der Waals surface area contributed by atoms with Gasteiger partial charge in [0.25, 0.3) is 5.69 Å². The molecule has 5 aromatic rings. The molecule has 0 aliphatic carbocycles. The maximum absolute atomic E-state index is 10.8. The summed E-state index contributed by atoms with van der Waals surface area (Å²) in [6.07, 6.45) is 0. The number of rotatable bonds is 3. The number of aryl methyl sites for hydroxylation is 1. The van der Waals surface area contributed by atoms with Crippen molar-refractivity contribution in [3.8, 4) is 22.2 Å². The molecule has 9 heteroatoms. The molecule has 5 rings (SSSR count). The van der Waals surface area contributed by atoms with E-state index < -0.39 is 4.92 Å². The fraction of sp³-hybridized carbons (Fsp3) is 0.0556. The predicted octanol–water partition coefficient (Wildman–Crippen LogP) is 4.48. The summed E-state index contributed by atoms with van der Waals surface area (Å²) in [5.41, 5.74) is 2.58.